The van der Waals surface area contributed by atoms with Gasteiger partial charge in [0.05, 0.1) is 0 Å². The van der Waals surface area contributed by atoms with E-state index in [0.29, 0.717) is 0 Å². The molecule has 0 radical (unpaired) electrons. The molecule has 0 fully saturated rings. The second kappa shape index (κ2) is 16.1. The standard InChI is InChI=1S/C60H74B6N6O4/c1-55(2,3)31-19-37-49-39(21-31)63(69-45-27-34(58(10,11)12)25-43(52(45)49)67-61(37)73)75-65-41-23-33(57(7,8)9)24-42-51(41)54-47(71-65)29-36(60(16,17)18)30-48(54)72-66(42)76-64-40-22-32(56(4,5)6)20-38-50(40)53-44(68-62(38)74)26-35(59(13,14)15)28-46(53)70-64/h19-30,67-74H,1-18H3. The first kappa shape index (κ1) is 50.5. The number of H-pyrrole nitrogens is 6. The quantitative estimate of drug-likeness (QED) is 0.171. The largest absolute Gasteiger partial charge is 0.886 e. The normalized spacial score (nSPS) is 13.8. The van der Waals surface area contributed by atoms with Gasteiger partial charge in [-0.3, -0.25) is 0 Å². The van der Waals surface area contributed by atoms with Gasteiger partial charge in [0.1, 0.15) is 16.2 Å². The van der Waals surface area contributed by atoms with Crippen molar-refractivity contribution in [3.8, 4) is 0 Å². The van der Waals surface area contributed by atoms with Crippen molar-refractivity contribution in [1.29, 1.82) is 0 Å². The highest BCUT2D eigenvalue weighted by Gasteiger charge is 2.30. The Bertz CT molecular complexity index is 4190. The summed E-state index contributed by atoms with van der Waals surface area (Å²) in [5, 5.41) is 36.2. The molecule has 76 heavy (non-hydrogen) atoms. The van der Waals surface area contributed by atoms with Crippen molar-refractivity contribution in [2.45, 2.75) is 157 Å². The molecule has 16 heteroatoms. The maximum atomic E-state index is 12.0. The first-order valence-electron chi connectivity index (χ1n) is 27.6. The van der Waals surface area contributed by atoms with Crippen LogP contribution in [0, 0.1) is 0 Å². The molecule has 0 atom stereocenters. The Labute approximate surface area is 446 Å². The van der Waals surface area contributed by atoms with Gasteiger partial charge in [0.15, 0.2) is 33.1 Å². The highest BCUT2D eigenvalue weighted by Crippen LogP contribution is 2.40. The zero-order chi connectivity index (χ0) is 54.5. The summed E-state index contributed by atoms with van der Waals surface area (Å²) >= 11 is 0. The summed E-state index contributed by atoms with van der Waals surface area (Å²) in [6.07, 6.45) is 0. The number of hydrogen-bond acceptors (Lipinski definition) is 4. The second-order valence-electron chi connectivity index (χ2n) is 28.9. The lowest BCUT2D eigenvalue weighted by molar-refractivity contribution is -0.303. The minimum atomic E-state index is -0.892. The van der Waals surface area contributed by atoms with Crippen LogP contribution < -0.4 is 38.5 Å². The Hall–Kier alpha value is -6.29. The molecule has 0 aliphatic heterocycles. The summed E-state index contributed by atoms with van der Waals surface area (Å²) in [6, 6.07) is 27.2. The number of hydrogen-bond donors (Lipinski definition) is 2. The van der Waals surface area contributed by atoms with Crippen LogP contribution in [0.5, 0.6) is 0 Å². The number of aromatic amines is 6. The molecule has 0 amide bonds. The van der Waals surface area contributed by atoms with Gasteiger partial charge in [0.25, 0.3) is 0 Å². The summed E-state index contributed by atoms with van der Waals surface area (Å²) in [6.45, 7) is 36.2. The first-order chi connectivity index (χ1) is 35.2. The lowest BCUT2D eigenvalue weighted by Crippen LogP contribution is -2.44. The van der Waals surface area contributed by atoms with Crippen molar-refractivity contribution in [3.63, 3.8) is 0 Å². The maximum Gasteiger partial charge on any atom is 0.416 e. The third kappa shape index (κ3) is 8.03. The van der Waals surface area contributed by atoms with Crippen LogP contribution in [0.2, 0.25) is 0 Å². The second-order valence-corrected chi connectivity index (χ2v) is 28.9. The van der Waals surface area contributed by atoms with Crippen molar-refractivity contribution >= 4 is 137 Å². The van der Waals surface area contributed by atoms with E-state index in [0.717, 1.165) is 125 Å². The van der Waals surface area contributed by atoms with E-state index in [-0.39, 0.29) is 32.5 Å². The van der Waals surface area contributed by atoms with E-state index in [9.17, 15) is 10.0 Å². The van der Waals surface area contributed by atoms with Gasteiger partial charge in [0, 0.05) is 36.4 Å². The van der Waals surface area contributed by atoms with Crippen molar-refractivity contribution in [3.05, 3.63) is 106 Å². The van der Waals surface area contributed by atoms with Crippen LogP contribution in [-0.4, -0.2) is 50.2 Å². The molecule has 0 aliphatic rings. The lowest BCUT2D eigenvalue weighted by Gasteiger charge is -2.31. The molecule has 386 valence electrons. The van der Waals surface area contributed by atoms with E-state index in [2.05, 4.69) is 227 Å². The first-order valence-corrected chi connectivity index (χ1v) is 27.6. The van der Waals surface area contributed by atoms with Gasteiger partial charge in [-0.05, 0) is 65.9 Å². The van der Waals surface area contributed by atoms with E-state index >= 15 is 0 Å². The summed E-state index contributed by atoms with van der Waals surface area (Å²) in [5.41, 5.74) is 11.6. The molecule has 12 rings (SSSR count). The van der Waals surface area contributed by atoms with Crippen LogP contribution >= 0.6 is 0 Å². The van der Waals surface area contributed by atoms with Crippen molar-refractivity contribution in [2.24, 2.45) is 0 Å². The van der Waals surface area contributed by atoms with E-state index < -0.39 is 40.1 Å². The molecule has 0 bridgehead atoms. The van der Waals surface area contributed by atoms with Gasteiger partial charge in [-0.25, -0.2) is 0 Å². The molecular weight excluding hydrogens is 934 g/mol. The minimum Gasteiger partial charge on any atom is -0.886 e. The van der Waals surface area contributed by atoms with Crippen LogP contribution in [0.1, 0.15) is 158 Å². The van der Waals surface area contributed by atoms with Gasteiger partial charge < -0.3 is 48.5 Å². The molecule has 0 saturated carbocycles. The summed E-state index contributed by atoms with van der Waals surface area (Å²) in [5.74, 6) is 0. The Morgan fingerprint density at radius 2 is 0.447 bits per heavy atom. The molecule has 8 N–H and O–H groups in total. The summed E-state index contributed by atoms with van der Waals surface area (Å²) in [4.78, 5) is 22.9. The molecular formula is C60H74B6N6O4. The zero-order valence-electron chi connectivity index (χ0n) is 48.1. The monoisotopic (exact) mass is 1010 g/mol. The predicted molar refractivity (Wildman–Crippen MR) is 317 cm³/mol. The van der Waals surface area contributed by atoms with Crippen LogP contribution in [0.15, 0.2) is 72.8 Å². The molecule has 0 aliphatic carbocycles. The van der Waals surface area contributed by atoms with E-state index in [4.69, 9.17) is 9.14 Å². The summed E-state index contributed by atoms with van der Waals surface area (Å²) in [7, 11) is 0. The number of nitrogens with one attached hydrogen (secondary N) is 6. The predicted octanol–water partition coefficient (Wildman–Crippen LogP) is 8.50. The Morgan fingerprint density at radius 1 is 0.263 bits per heavy atom. The Kier molecular flexibility index (Phi) is 10.7. The highest BCUT2D eigenvalue weighted by molar-refractivity contribution is 6.71. The van der Waals surface area contributed by atoms with Gasteiger partial charge in [0.2, 0.25) is 0 Å². The average Bonchev–Trinajstić information content (AvgIpc) is 3.50. The maximum absolute atomic E-state index is 12.0. The van der Waals surface area contributed by atoms with E-state index in [1.165, 1.54) is 5.56 Å². The lowest BCUT2D eigenvalue weighted by atomic mass is 9.69. The minimum absolute atomic E-state index is 0.148. The van der Waals surface area contributed by atoms with Crippen LogP contribution in [0.3, 0.4) is 0 Å². The topological polar surface area (TPSA) is 144 Å². The fraction of sp³-hybridized carbons (Fsp3) is 0.400. The van der Waals surface area contributed by atoms with Crippen LogP contribution in [0.25, 0.3) is 97.1 Å². The van der Waals surface area contributed by atoms with Crippen molar-refractivity contribution in [1.82, 2.24) is 0 Å². The molecule has 12 aromatic rings. The number of rotatable bonds is 4. The fourth-order valence-corrected chi connectivity index (χ4v) is 12.2. The third-order valence-corrected chi connectivity index (χ3v) is 17.0. The Morgan fingerprint density at radius 3 is 0.671 bits per heavy atom. The van der Waals surface area contributed by atoms with E-state index in [1.54, 1.807) is 0 Å². The third-order valence-electron chi connectivity index (χ3n) is 17.0. The van der Waals surface area contributed by atoms with Crippen LogP contribution in [0.4, 0.5) is 0 Å². The van der Waals surface area contributed by atoms with Gasteiger partial charge >= 0.3 is 40.1 Å². The molecule has 0 unspecified atom stereocenters. The van der Waals surface area contributed by atoms with Crippen molar-refractivity contribution < 1.29 is 48.5 Å². The fourth-order valence-electron chi connectivity index (χ4n) is 12.2. The van der Waals surface area contributed by atoms with Crippen molar-refractivity contribution in [2.75, 3.05) is 0 Å². The molecule has 6 heterocycles. The van der Waals surface area contributed by atoms with E-state index in [1.807, 2.05) is 0 Å². The number of benzene rings is 6. The highest BCUT2D eigenvalue weighted by atomic mass is 16.4. The summed E-state index contributed by atoms with van der Waals surface area (Å²) < 4.78 is 15.5. The smallest absolute Gasteiger partial charge is 0.416 e. The number of aromatic nitrogens is 6. The van der Waals surface area contributed by atoms with Crippen LogP contribution in [-0.2, 0) is 32.5 Å². The van der Waals surface area contributed by atoms with Gasteiger partial charge in [-0.1, -0.05) is 177 Å². The molecule has 0 spiro atoms. The van der Waals surface area contributed by atoms with Gasteiger partial charge in [-0.15, -0.1) is 31.7 Å². The molecule has 6 aromatic heterocycles. The SMILES string of the molecule is CC(C)(C)c1cc2[nH+][b-](O)c3cc(C(C)(C)C)cc4[b-](O[b-]5[nH+]c6cc(C(C)(C)C)cc7[nH+][b-](O[b-]8[nH+]c9cc(C(C)(C)C)cc%10[nH+][b-](O)c%11cc(C(C)(C)C)cc8c%11c%109)c8cc(C(C)(C)C)cc5c8c67)[nH+]c(c1)c2c34. The molecule has 0 saturated heterocycles. The molecule has 6 aromatic carbocycles. The average molecular weight is 1010 g/mol. The molecule has 10 nitrogen and oxygen atoms in total. The zero-order valence-corrected chi connectivity index (χ0v) is 48.1. The van der Waals surface area contributed by atoms with Gasteiger partial charge in [-0.2, -0.15) is 0 Å². The Balaban J connectivity index is 1.19.